The van der Waals surface area contributed by atoms with Crippen LogP contribution >= 0.6 is 22.6 Å². The highest BCUT2D eigenvalue weighted by atomic mass is 127. The highest BCUT2D eigenvalue weighted by molar-refractivity contribution is 14.1. The van der Waals surface area contributed by atoms with Crippen molar-refractivity contribution in [2.75, 3.05) is 5.32 Å². The minimum absolute atomic E-state index is 0.0634. The van der Waals surface area contributed by atoms with Gasteiger partial charge in [0.05, 0.1) is 11.3 Å². The van der Waals surface area contributed by atoms with Crippen LogP contribution in [0.1, 0.15) is 15.9 Å². The van der Waals surface area contributed by atoms with E-state index in [1.165, 1.54) is 6.07 Å². The van der Waals surface area contributed by atoms with Crippen molar-refractivity contribution >= 4 is 34.2 Å². The summed E-state index contributed by atoms with van der Waals surface area (Å²) in [7, 11) is 0. The topological polar surface area (TPSA) is 49.3 Å². The van der Waals surface area contributed by atoms with Gasteiger partial charge in [0.15, 0.2) is 0 Å². The van der Waals surface area contributed by atoms with Gasteiger partial charge in [0.2, 0.25) is 0 Å². The zero-order valence-electron chi connectivity index (χ0n) is 9.77. The van der Waals surface area contributed by atoms with Crippen molar-refractivity contribution in [1.29, 1.82) is 0 Å². The lowest BCUT2D eigenvalue weighted by atomic mass is 10.1. The van der Waals surface area contributed by atoms with Crippen molar-refractivity contribution in [1.82, 2.24) is 0 Å². The number of anilines is 1. The van der Waals surface area contributed by atoms with E-state index >= 15 is 0 Å². The van der Waals surface area contributed by atoms with Gasteiger partial charge in [-0.15, -0.1) is 0 Å². The minimum atomic E-state index is -0.218. The molecule has 1 amide bonds. The maximum Gasteiger partial charge on any atom is 0.256 e. The number of aryl methyl sites for hydroxylation is 1. The summed E-state index contributed by atoms with van der Waals surface area (Å²) < 4.78 is 0.919. The Balaban J connectivity index is 2.28. The number of phenolic OH excluding ortho intramolecular Hbond substituents is 1. The number of aromatic hydroxyl groups is 1. The Hall–Kier alpha value is -1.56. The molecule has 2 aromatic rings. The Bertz CT molecular complexity index is 596. The van der Waals surface area contributed by atoms with Crippen LogP contribution < -0.4 is 5.32 Å². The number of amides is 1. The number of benzene rings is 2. The second-order valence-electron chi connectivity index (χ2n) is 3.91. The van der Waals surface area contributed by atoms with E-state index in [0.717, 1.165) is 9.13 Å². The summed E-state index contributed by atoms with van der Waals surface area (Å²) in [6, 6.07) is 12.2. The van der Waals surface area contributed by atoms with E-state index in [-0.39, 0.29) is 11.7 Å². The molecule has 0 atom stereocenters. The van der Waals surface area contributed by atoms with Gasteiger partial charge in [0, 0.05) is 3.57 Å². The van der Waals surface area contributed by atoms with Crippen LogP contribution in [0.5, 0.6) is 5.75 Å². The number of carbonyl (C=O) groups excluding carboxylic acids is 1. The van der Waals surface area contributed by atoms with Crippen LogP contribution in [-0.2, 0) is 0 Å². The molecule has 18 heavy (non-hydrogen) atoms. The molecule has 2 aromatic carbocycles. The third-order valence-corrected chi connectivity index (χ3v) is 4.02. The van der Waals surface area contributed by atoms with Crippen molar-refractivity contribution in [3.8, 4) is 5.75 Å². The van der Waals surface area contributed by atoms with Gasteiger partial charge in [-0.05, 0) is 53.3 Å². The lowest BCUT2D eigenvalue weighted by Gasteiger charge is -2.09. The van der Waals surface area contributed by atoms with Crippen molar-refractivity contribution in [3.63, 3.8) is 0 Å². The molecule has 0 fully saturated rings. The van der Waals surface area contributed by atoms with E-state index in [0.29, 0.717) is 11.3 Å². The first-order valence-electron chi connectivity index (χ1n) is 5.44. The fourth-order valence-corrected chi connectivity index (χ4v) is 2.20. The third kappa shape index (κ3) is 2.64. The normalized spacial score (nSPS) is 10.1. The minimum Gasteiger partial charge on any atom is -0.506 e. The number of rotatable bonds is 2. The monoisotopic (exact) mass is 353 g/mol. The summed E-state index contributed by atoms with van der Waals surface area (Å²) in [6.07, 6.45) is 0. The second-order valence-corrected chi connectivity index (χ2v) is 4.99. The van der Waals surface area contributed by atoms with E-state index in [1.54, 1.807) is 24.3 Å². The van der Waals surface area contributed by atoms with Crippen molar-refractivity contribution in [2.24, 2.45) is 0 Å². The van der Waals surface area contributed by atoms with Crippen molar-refractivity contribution in [3.05, 3.63) is 57.2 Å². The summed E-state index contributed by atoms with van der Waals surface area (Å²) in [4.78, 5) is 12.1. The predicted octanol–water partition coefficient (Wildman–Crippen LogP) is 3.56. The number of nitrogens with one attached hydrogen (secondary N) is 1. The number of phenols is 1. The van der Waals surface area contributed by atoms with Crippen molar-refractivity contribution in [2.45, 2.75) is 6.92 Å². The third-order valence-electron chi connectivity index (χ3n) is 2.59. The summed E-state index contributed by atoms with van der Waals surface area (Å²) in [5.74, 6) is -0.155. The Kier molecular flexibility index (Phi) is 3.86. The molecule has 0 aliphatic carbocycles. The lowest BCUT2D eigenvalue weighted by molar-refractivity contribution is 0.102. The van der Waals surface area contributed by atoms with Crippen LogP contribution in [0.15, 0.2) is 42.5 Å². The number of carbonyl (C=O) groups is 1. The van der Waals surface area contributed by atoms with Crippen LogP contribution in [0.25, 0.3) is 0 Å². The van der Waals surface area contributed by atoms with Crippen LogP contribution in [0.2, 0.25) is 0 Å². The summed E-state index contributed by atoms with van der Waals surface area (Å²) >= 11 is 2.15. The zero-order chi connectivity index (χ0) is 13.1. The lowest BCUT2D eigenvalue weighted by Crippen LogP contribution is -2.14. The predicted molar refractivity (Wildman–Crippen MR) is 80.0 cm³/mol. The standard InChI is InChI=1S/C14H12INO2/c1-9-5-4-6-10(13(9)15)14(18)16-11-7-2-3-8-12(11)17/h2-8,17H,1H3,(H,16,18). The molecule has 0 saturated heterocycles. The van der Waals surface area contributed by atoms with Crippen LogP contribution in [-0.4, -0.2) is 11.0 Å². The number of para-hydroxylation sites is 2. The van der Waals surface area contributed by atoms with Gasteiger partial charge in [-0.2, -0.15) is 0 Å². The molecule has 92 valence electrons. The maximum atomic E-state index is 12.1. The Labute approximate surface area is 119 Å². The highest BCUT2D eigenvalue weighted by Crippen LogP contribution is 2.23. The van der Waals surface area contributed by atoms with Gasteiger partial charge in [0.25, 0.3) is 5.91 Å². The maximum absolute atomic E-state index is 12.1. The zero-order valence-corrected chi connectivity index (χ0v) is 11.9. The molecule has 4 heteroatoms. The second kappa shape index (κ2) is 5.39. The van der Waals surface area contributed by atoms with Crippen LogP contribution in [0, 0.1) is 10.5 Å². The van der Waals surface area contributed by atoms with Gasteiger partial charge < -0.3 is 10.4 Å². The average molecular weight is 353 g/mol. The van der Waals surface area contributed by atoms with Crippen molar-refractivity contribution < 1.29 is 9.90 Å². The number of halogens is 1. The van der Waals surface area contributed by atoms with Gasteiger partial charge in [-0.25, -0.2) is 0 Å². The van der Waals surface area contributed by atoms with Gasteiger partial charge in [-0.1, -0.05) is 24.3 Å². The summed E-state index contributed by atoms with van der Waals surface area (Å²) in [5, 5.41) is 12.3. The molecule has 2 rings (SSSR count). The molecule has 0 aliphatic heterocycles. The molecule has 0 aliphatic rings. The summed E-state index contributed by atoms with van der Waals surface area (Å²) in [5.41, 5.74) is 2.08. The van der Waals surface area contributed by atoms with Gasteiger partial charge >= 0.3 is 0 Å². The van der Waals surface area contributed by atoms with Gasteiger partial charge in [-0.3, -0.25) is 4.79 Å². The molecule has 0 bridgehead atoms. The van der Waals surface area contributed by atoms with Gasteiger partial charge in [0.1, 0.15) is 5.75 Å². The SMILES string of the molecule is Cc1cccc(C(=O)Nc2ccccc2O)c1I. The Morgan fingerprint density at radius 1 is 1.17 bits per heavy atom. The smallest absolute Gasteiger partial charge is 0.256 e. The first-order valence-corrected chi connectivity index (χ1v) is 6.52. The molecule has 0 spiro atoms. The van der Waals surface area contributed by atoms with E-state index in [9.17, 15) is 9.90 Å². The van der Waals surface area contributed by atoms with E-state index < -0.39 is 0 Å². The largest absolute Gasteiger partial charge is 0.506 e. The molecular formula is C14H12INO2. The molecule has 0 unspecified atom stereocenters. The average Bonchev–Trinajstić information content (AvgIpc) is 2.35. The molecule has 0 aromatic heterocycles. The number of hydrogen-bond acceptors (Lipinski definition) is 2. The molecule has 0 heterocycles. The van der Waals surface area contributed by atoms with E-state index in [1.807, 2.05) is 19.1 Å². The summed E-state index contributed by atoms with van der Waals surface area (Å²) in [6.45, 7) is 1.96. The first-order chi connectivity index (χ1) is 8.59. The highest BCUT2D eigenvalue weighted by Gasteiger charge is 2.12. The number of hydrogen-bond donors (Lipinski definition) is 2. The molecular weight excluding hydrogens is 341 g/mol. The fourth-order valence-electron chi connectivity index (χ4n) is 1.59. The molecule has 3 nitrogen and oxygen atoms in total. The molecule has 0 radical (unpaired) electrons. The van der Waals surface area contributed by atoms with E-state index in [2.05, 4.69) is 27.9 Å². The first kappa shape index (κ1) is 12.9. The Morgan fingerprint density at radius 2 is 1.89 bits per heavy atom. The molecule has 0 saturated carbocycles. The van der Waals surface area contributed by atoms with E-state index in [4.69, 9.17) is 0 Å². The fraction of sp³-hybridized carbons (Fsp3) is 0.0714. The molecule has 2 N–H and O–H groups in total. The Morgan fingerprint density at radius 3 is 2.61 bits per heavy atom. The quantitative estimate of drug-likeness (QED) is 0.641. The van der Waals surface area contributed by atoms with Crippen LogP contribution in [0.3, 0.4) is 0 Å². The van der Waals surface area contributed by atoms with Crippen LogP contribution in [0.4, 0.5) is 5.69 Å².